The van der Waals surface area contributed by atoms with Crippen molar-refractivity contribution in [2.75, 3.05) is 31.1 Å². The van der Waals surface area contributed by atoms with Gasteiger partial charge in [-0.25, -0.2) is 4.98 Å². The SMILES string of the molecule is CCN1CCN(c2nc(C)cc(C)c2CO)CC1C. The number of nitrogens with zero attached hydrogens (tertiary/aromatic N) is 3. The van der Waals surface area contributed by atoms with Gasteiger partial charge in [-0.15, -0.1) is 0 Å². The minimum Gasteiger partial charge on any atom is -0.392 e. The summed E-state index contributed by atoms with van der Waals surface area (Å²) in [4.78, 5) is 9.47. The first kappa shape index (κ1) is 14.3. The largest absolute Gasteiger partial charge is 0.392 e. The zero-order chi connectivity index (χ0) is 14.0. The summed E-state index contributed by atoms with van der Waals surface area (Å²) in [6.07, 6.45) is 0. The molecule has 2 rings (SSSR count). The highest BCUT2D eigenvalue weighted by atomic mass is 16.3. The van der Waals surface area contributed by atoms with Crippen molar-refractivity contribution in [1.29, 1.82) is 0 Å². The number of hydrogen-bond donors (Lipinski definition) is 1. The average Bonchev–Trinajstić information content (AvgIpc) is 2.37. The summed E-state index contributed by atoms with van der Waals surface area (Å²) in [6, 6.07) is 2.58. The van der Waals surface area contributed by atoms with Crippen molar-refractivity contribution in [2.45, 2.75) is 40.3 Å². The monoisotopic (exact) mass is 263 g/mol. The van der Waals surface area contributed by atoms with E-state index in [9.17, 15) is 5.11 Å². The summed E-state index contributed by atoms with van der Waals surface area (Å²) in [7, 11) is 0. The Morgan fingerprint density at radius 2 is 2.11 bits per heavy atom. The number of piperazine rings is 1. The van der Waals surface area contributed by atoms with Gasteiger partial charge in [0.1, 0.15) is 5.82 Å². The van der Waals surface area contributed by atoms with E-state index < -0.39 is 0 Å². The molecule has 1 N–H and O–H groups in total. The zero-order valence-electron chi connectivity index (χ0n) is 12.5. The number of aliphatic hydroxyl groups is 1. The molecule has 0 aliphatic carbocycles. The molecular formula is C15H25N3O. The van der Waals surface area contributed by atoms with Crippen LogP contribution in [0.15, 0.2) is 6.07 Å². The Labute approximate surface area is 116 Å². The fourth-order valence-corrected chi connectivity index (χ4v) is 2.96. The van der Waals surface area contributed by atoms with Crippen LogP contribution >= 0.6 is 0 Å². The predicted molar refractivity (Wildman–Crippen MR) is 78.6 cm³/mol. The molecule has 19 heavy (non-hydrogen) atoms. The number of rotatable bonds is 3. The second-order valence-corrected chi connectivity index (χ2v) is 5.46. The smallest absolute Gasteiger partial charge is 0.134 e. The molecule has 0 aromatic carbocycles. The molecular weight excluding hydrogens is 238 g/mol. The molecule has 1 aliphatic rings. The van der Waals surface area contributed by atoms with E-state index in [2.05, 4.69) is 35.6 Å². The van der Waals surface area contributed by atoms with Gasteiger partial charge in [-0.05, 0) is 38.9 Å². The molecule has 1 aromatic heterocycles. The van der Waals surface area contributed by atoms with E-state index in [1.165, 1.54) is 0 Å². The molecule has 0 saturated carbocycles. The van der Waals surface area contributed by atoms with Gasteiger partial charge in [-0.2, -0.15) is 0 Å². The van der Waals surface area contributed by atoms with Crippen molar-refractivity contribution >= 4 is 5.82 Å². The van der Waals surface area contributed by atoms with Gasteiger partial charge in [0.2, 0.25) is 0 Å². The molecule has 106 valence electrons. The van der Waals surface area contributed by atoms with Crippen LogP contribution in [0.3, 0.4) is 0 Å². The van der Waals surface area contributed by atoms with Crippen molar-refractivity contribution in [3.05, 3.63) is 22.9 Å². The van der Waals surface area contributed by atoms with Crippen molar-refractivity contribution in [2.24, 2.45) is 0 Å². The van der Waals surface area contributed by atoms with Gasteiger partial charge in [-0.1, -0.05) is 6.92 Å². The van der Waals surface area contributed by atoms with Crippen LogP contribution in [0.2, 0.25) is 0 Å². The van der Waals surface area contributed by atoms with Crippen LogP contribution in [0.5, 0.6) is 0 Å². The lowest BCUT2D eigenvalue weighted by molar-refractivity contribution is 0.198. The molecule has 1 aliphatic heterocycles. The van der Waals surface area contributed by atoms with Crippen molar-refractivity contribution in [1.82, 2.24) is 9.88 Å². The van der Waals surface area contributed by atoms with Gasteiger partial charge in [-0.3, -0.25) is 4.90 Å². The lowest BCUT2D eigenvalue weighted by Gasteiger charge is -2.40. The maximum absolute atomic E-state index is 9.61. The molecule has 1 unspecified atom stereocenters. The molecule has 4 heteroatoms. The maximum atomic E-state index is 9.61. The van der Waals surface area contributed by atoms with Crippen LogP contribution in [0.4, 0.5) is 5.82 Å². The molecule has 0 radical (unpaired) electrons. The number of hydrogen-bond acceptors (Lipinski definition) is 4. The fraction of sp³-hybridized carbons (Fsp3) is 0.667. The number of pyridine rings is 1. The highest BCUT2D eigenvalue weighted by Crippen LogP contribution is 2.25. The second-order valence-electron chi connectivity index (χ2n) is 5.46. The van der Waals surface area contributed by atoms with Gasteiger partial charge >= 0.3 is 0 Å². The predicted octanol–water partition coefficient (Wildman–Crippen LogP) is 1.72. The van der Waals surface area contributed by atoms with Gasteiger partial charge in [0.15, 0.2) is 0 Å². The molecule has 1 fully saturated rings. The number of likely N-dealkylation sites (N-methyl/N-ethyl adjacent to an activating group) is 1. The lowest BCUT2D eigenvalue weighted by Crippen LogP contribution is -2.52. The highest BCUT2D eigenvalue weighted by molar-refractivity contribution is 5.51. The molecule has 0 bridgehead atoms. The highest BCUT2D eigenvalue weighted by Gasteiger charge is 2.25. The van der Waals surface area contributed by atoms with Crippen molar-refractivity contribution in [3.63, 3.8) is 0 Å². The second kappa shape index (κ2) is 5.88. The van der Waals surface area contributed by atoms with E-state index in [-0.39, 0.29) is 6.61 Å². The Morgan fingerprint density at radius 1 is 1.37 bits per heavy atom. The molecule has 0 spiro atoms. The first-order valence-electron chi connectivity index (χ1n) is 7.13. The van der Waals surface area contributed by atoms with Crippen LogP contribution in [0.25, 0.3) is 0 Å². The summed E-state index contributed by atoms with van der Waals surface area (Å²) in [5.74, 6) is 0.975. The van der Waals surface area contributed by atoms with E-state index in [0.717, 1.165) is 48.8 Å². The van der Waals surface area contributed by atoms with Crippen molar-refractivity contribution < 1.29 is 5.11 Å². The Balaban J connectivity index is 2.27. The Kier molecular flexibility index (Phi) is 4.42. The molecule has 1 atom stereocenters. The molecule has 2 heterocycles. The third-order valence-electron chi connectivity index (χ3n) is 4.08. The Morgan fingerprint density at radius 3 is 2.68 bits per heavy atom. The first-order valence-corrected chi connectivity index (χ1v) is 7.13. The van der Waals surface area contributed by atoms with Gasteiger partial charge in [0.05, 0.1) is 6.61 Å². The van der Waals surface area contributed by atoms with Gasteiger partial charge in [0, 0.05) is 36.9 Å². The summed E-state index contributed by atoms with van der Waals surface area (Å²) >= 11 is 0. The standard InChI is InChI=1S/C15H25N3O/c1-5-17-6-7-18(9-13(17)4)15-14(10-19)11(2)8-12(3)16-15/h8,13,19H,5-7,9-10H2,1-4H3. The summed E-state index contributed by atoms with van der Waals surface area (Å²) < 4.78 is 0. The number of aryl methyl sites for hydroxylation is 2. The third-order valence-corrected chi connectivity index (χ3v) is 4.08. The van der Waals surface area contributed by atoms with Gasteiger partial charge < -0.3 is 10.0 Å². The van der Waals surface area contributed by atoms with Crippen molar-refractivity contribution in [3.8, 4) is 0 Å². The van der Waals surface area contributed by atoms with E-state index >= 15 is 0 Å². The first-order chi connectivity index (χ1) is 9.06. The average molecular weight is 263 g/mol. The molecule has 1 aromatic rings. The Bertz CT molecular complexity index is 447. The number of aromatic nitrogens is 1. The van der Waals surface area contributed by atoms with Crippen LogP contribution in [0.1, 0.15) is 30.7 Å². The normalized spacial score (nSPS) is 20.9. The minimum absolute atomic E-state index is 0.0663. The Hall–Kier alpha value is -1.13. The molecule has 1 saturated heterocycles. The molecule has 4 nitrogen and oxygen atoms in total. The lowest BCUT2D eigenvalue weighted by atomic mass is 10.1. The summed E-state index contributed by atoms with van der Waals surface area (Å²) in [5, 5.41) is 9.61. The zero-order valence-corrected chi connectivity index (χ0v) is 12.5. The quantitative estimate of drug-likeness (QED) is 0.901. The topological polar surface area (TPSA) is 39.6 Å². The number of anilines is 1. The fourth-order valence-electron chi connectivity index (χ4n) is 2.96. The van der Waals surface area contributed by atoms with Gasteiger partial charge in [0.25, 0.3) is 0 Å². The van der Waals surface area contributed by atoms with Crippen LogP contribution in [0, 0.1) is 13.8 Å². The summed E-state index contributed by atoms with van der Waals surface area (Å²) in [6.45, 7) is 12.7. The maximum Gasteiger partial charge on any atom is 0.134 e. The minimum atomic E-state index is 0.0663. The van der Waals surface area contributed by atoms with Crippen LogP contribution in [-0.4, -0.2) is 47.2 Å². The number of aliphatic hydroxyl groups excluding tert-OH is 1. The van der Waals surface area contributed by atoms with Crippen LogP contribution < -0.4 is 4.90 Å². The summed E-state index contributed by atoms with van der Waals surface area (Å²) in [5.41, 5.74) is 3.13. The van der Waals surface area contributed by atoms with Crippen LogP contribution in [-0.2, 0) is 6.61 Å². The van der Waals surface area contributed by atoms with E-state index in [4.69, 9.17) is 0 Å². The molecule has 0 amide bonds. The van der Waals surface area contributed by atoms with E-state index in [1.807, 2.05) is 13.0 Å². The van der Waals surface area contributed by atoms with E-state index in [1.54, 1.807) is 0 Å². The van der Waals surface area contributed by atoms with E-state index in [0.29, 0.717) is 6.04 Å². The third kappa shape index (κ3) is 2.90.